The second-order valence-electron chi connectivity index (χ2n) is 11.4. The SMILES string of the molecule is Cc1cccc(OC(C)C(=O)Nc2sc3c(c2C(=O)NCCOC(=O)C(C)Oc2cccc(C)c2C)CCC(C)C3)c1C. The number of benzene rings is 2. The van der Waals surface area contributed by atoms with Gasteiger partial charge in [0.15, 0.2) is 12.2 Å². The van der Waals surface area contributed by atoms with E-state index in [1.165, 1.54) is 11.3 Å². The molecule has 3 aromatic rings. The topological polar surface area (TPSA) is 103 Å². The molecule has 8 nitrogen and oxygen atoms in total. The molecule has 2 aromatic carbocycles. The number of hydrogen-bond acceptors (Lipinski definition) is 7. The van der Waals surface area contributed by atoms with Gasteiger partial charge in [-0.15, -0.1) is 11.3 Å². The second-order valence-corrected chi connectivity index (χ2v) is 12.5. The van der Waals surface area contributed by atoms with E-state index in [1.54, 1.807) is 13.8 Å². The number of anilines is 1. The minimum absolute atomic E-state index is 0.00313. The lowest BCUT2D eigenvalue weighted by molar-refractivity contribution is -0.150. The second kappa shape index (κ2) is 14.1. The van der Waals surface area contributed by atoms with Gasteiger partial charge in [0.1, 0.15) is 23.1 Å². The van der Waals surface area contributed by atoms with E-state index >= 15 is 0 Å². The number of hydrogen-bond donors (Lipinski definition) is 2. The summed E-state index contributed by atoms with van der Waals surface area (Å²) in [5.41, 5.74) is 5.57. The number of aryl methyl sites for hydroxylation is 2. The summed E-state index contributed by atoms with van der Waals surface area (Å²) in [6.07, 6.45) is 1.04. The van der Waals surface area contributed by atoms with Crippen LogP contribution in [-0.2, 0) is 27.2 Å². The summed E-state index contributed by atoms with van der Waals surface area (Å²) in [5.74, 6) is 0.655. The van der Waals surface area contributed by atoms with Crippen LogP contribution in [0.1, 0.15) is 70.2 Å². The number of rotatable bonds is 11. The first-order chi connectivity index (χ1) is 20.5. The molecule has 1 aliphatic rings. The third kappa shape index (κ3) is 7.76. The third-order valence-electron chi connectivity index (χ3n) is 8.03. The maximum absolute atomic E-state index is 13.4. The zero-order valence-corrected chi connectivity index (χ0v) is 26.9. The Morgan fingerprint density at radius 2 is 1.53 bits per heavy atom. The highest BCUT2D eigenvalue weighted by Gasteiger charge is 2.29. The Morgan fingerprint density at radius 1 is 0.930 bits per heavy atom. The Labute approximate surface area is 258 Å². The van der Waals surface area contributed by atoms with E-state index in [2.05, 4.69) is 17.6 Å². The van der Waals surface area contributed by atoms with Gasteiger partial charge in [-0.2, -0.15) is 0 Å². The average Bonchev–Trinajstić information content (AvgIpc) is 3.32. The van der Waals surface area contributed by atoms with E-state index in [4.69, 9.17) is 14.2 Å². The quantitative estimate of drug-likeness (QED) is 0.198. The molecule has 9 heteroatoms. The van der Waals surface area contributed by atoms with E-state index in [0.29, 0.717) is 28.0 Å². The van der Waals surface area contributed by atoms with Crippen molar-refractivity contribution in [3.8, 4) is 11.5 Å². The molecular weight excluding hydrogens is 564 g/mol. The molecule has 0 spiro atoms. The van der Waals surface area contributed by atoms with Crippen molar-refractivity contribution in [3.63, 3.8) is 0 Å². The molecule has 1 aliphatic carbocycles. The molecule has 43 heavy (non-hydrogen) atoms. The van der Waals surface area contributed by atoms with Crippen LogP contribution in [0.2, 0.25) is 0 Å². The van der Waals surface area contributed by atoms with Crippen LogP contribution >= 0.6 is 11.3 Å². The van der Waals surface area contributed by atoms with Gasteiger partial charge < -0.3 is 24.8 Å². The molecular formula is C34H42N2O6S. The first-order valence-electron chi connectivity index (χ1n) is 14.8. The van der Waals surface area contributed by atoms with Crippen molar-refractivity contribution >= 4 is 34.1 Å². The van der Waals surface area contributed by atoms with Gasteiger partial charge in [-0.1, -0.05) is 31.2 Å². The Morgan fingerprint density at radius 3 is 2.16 bits per heavy atom. The molecule has 0 radical (unpaired) electrons. The molecule has 4 rings (SSSR count). The molecule has 0 saturated heterocycles. The van der Waals surface area contributed by atoms with Crippen molar-refractivity contribution in [1.29, 1.82) is 0 Å². The molecule has 3 unspecified atom stereocenters. The fourth-order valence-electron chi connectivity index (χ4n) is 5.00. The van der Waals surface area contributed by atoms with Gasteiger partial charge >= 0.3 is 5.97 Å². The lowest BCUT2D eigenvalue weighted by atomic mass is 9.88. The van der Waals surface area contributed by atoms with Crippen LogP contribution in [-0.4, -0.2) is 43.1 Å². The first-order valence-corrected chi connectivity index (χ1v) is 15.6. The van der Waals surface area contributed by atoms with Gasteiger partial charge in [0.2, 0.25) is 0 Å². The standard InChI is InChI=1S/C34H42N2O6S/c1-19-14-15-26-29(18-19)43-33(36-31(37)24(6)41-27-12-8-10-20(2)22(27)4)30(26)32(38)35-16-17-40-34(39)25(7)42-28-13-9-11-21(3)23(28)5/h8-13,19,24-25H,14-18H2,1-7H3,(H,35,38)(H,36,37). The van der Waals surface area contributed by atoms with E-state index in [0.717, 1.165) is 52.0 Å². The maximum atomic E-state index is 13.4. The molecule has 3 atom stereocenters. The zero-order valence-electron chi connectivity index (χ0n) is 26.1. The van der Waals surface area contributed by atoms with E-state index in [9.17, 15) is 14.4 Å². The molecule has 2 amide bonds. The number of carbonyl (C=O) groups is 3. The molecule has 0 saturated carbocycles. The number of thiophene rings is 1. The normalized spacial score (nSPS) is 15.6. The summed E-state index contributed by atoms with van der Waals surface area (Å²) < 4.78 is 17.2. The summed E-state index contributed by atoms with van der Waals surface area (Å²) in [6.45, 7) is 13.5. The predicted molar refractivity (Wildman–Crippen MR) is 169 cm³/mol. The summed E-state index contributed by atoms with van der Waals surface area (Å²) in [7, 11) is 0. The van der Waals surface area contributed by atoms with Crippen molar-refractivity contribution < 1.29 is 28.6 Å². The molecule has 2 N–H and O–H groups in total. The molecule has 0 fully saturated rings. The van der Waals surface area contributed by atoms with Crippen molar-refractivity contribution in [3.05, 3.63) is 74.7 Å². The molecule has 1 aromatic heterocycles. The highest BCUT2D eigenvalue weighted by molar-refractivity contribution is 7.17. The largest absolute Gasteiger partial charge is 0.481 e. The van der Waals surface area contributed by atoms with Crippen LogP contribution in [0.3, 0.4) is 0 Å². The number of nitrogens with one attached hydrogen (secondary N) is 2. The third-order valence-corrected chi connectivity index (χ3v) is 9.20. The van der Waals surface area contributed by atoms with Crippen LogP contribution in [0.4, 0.5) is 5.00 Å². The van der Waals surface area contributed by atoms with Crippen LogP contribution in [0.25, 0.3) is 0 Å². The van der Waals surface area contributed by atoms with Gasteiger partial charge in [0.25, 0.3) is 11.8 Å². The van der Waals surface area contributed by atoms with E-state index in [1.807, 2.05) is 64.1 Å². The van der Waals surface area contributed by atoms with Crippen molar-refractivity contribution in [1.82, 2.24) is 5.32 Å². The van der Waals surface area contributed by atoms with Crippen molar-refractivity contribution in [2.75, 3.05) is 18.5 Å². The number of fused-ring (bicyclic) bond motifs is 1. The summed E-state index contributed by atoms with van der Waals surface area (Å²) in [6, 6.07) is 11.4. The predicted octanol–water partition coefficient (Wildman–Crippen LogP) is 6.25. The van der Waals surface area contributed by atoms with Gasteiger partial charge in [0, 0.05) is 4.88 Å². The molecule has 1 heterocycles. The maximum Gasteiger partial charge on any atom is 0.347 e. The Balaban J connectivity index is 1.37. The molecule has 0 bridgehead atoms. The lowest BCUT2D eigenvalue weighted by Gasteiger charge is -2.19. The number of esters is 1. The van der Waals surface area contributed by atoms with Crippen LogP contribution in [0.15, 0.2) is 36.4 Å². The fourth-order valence-corrected chi connectivity index (χ4v) is 6.41. The van der Waals surface area contributed by atoms with Gasteiger partial charge in [-0.05, 0) is 107 Å². The lowest BCUT2D eigenvalue weighted by Crippen LogP contribution is -2.33. The average molecular weight is 607 g/mol. The Kier molecular flexibility index (Phi) is 10.5. The zero-order chi connectivity index (χ0) is 31.3. The number of ether oxygens (including phenoxy) is 3. The van der Waals surface area contributed by atoms with Crippen LogP contribution < -0.4 is 20.1 Å². The highest BCUT2D eigenvalue weighted by atomic mass is 32.1. The molecule has 230 valence electrons. The minimum atomic E-state index is -0.795. The first kappa shape index (κ1) is 32.1. The fraction of sp³-hybridized carbons (Fsp3) is 0.441. The van der Waals surface area contributed by atoms with Gasteiger partial charge in [-0.3, -0.25) is 9.59 Å². The smallest absolute Gasteiger partial charge is 0.347 e. The van der Waals surface area contributed by atoms with Gasteiger partial charge in [0.05, 0.1) is 12.1 Å². The van der Waals surface area contributed by atoms with Gasteiger partial charge in [-0.25, -0.2) is 4.79 Å². The van der Waals surface area contributed by atoms with Crippen LogP contribution in [0.5, 0.6) is 11.5 Å². The Hall–Kier alpha value is -3.85. The van der Waals surface area contributed by atoms with Crippen LogP contribution in [0, 0.1) is 33.6 Å². The van der Waals surface area contributed by atoms with E-state index in [-0.39, 0.29) is 25.0 Å². The summed E-state index contributed by atoms with van der Waals surface area (Å²) in [4.78, 5) is 40.3. The monoisotopic (exact) mass is 606 g/mol. The minimum Gasteiger partial charge on any atom is -0.481 e. The number of carbonyl (C=O) groups excluding carboxylic acids is 3. The highest BCUT2D eigenvalue weighted by Crippen LogP contribution is 2.40. The van der Waals surface area contributed by atoms with Crippen molar-refractivity contribution in [2.45, 2.75) is 79.9 Å². The molecule has 0 aliphatic heterocycles. The summed E-state index contributed by atoms with van der Waals surface area (Å²) >= 11 is 1.45. The Bertz CT molecular complexity index is 1500. The van der Waals surface area contributed by atoms with E-state index < -0.39 is 18.2 Å². The summed E-state index contributed by atoms with van der Waals surface area (Å²) in [5, 5.41) is 6.35. The van der Waals surface area contributed by atoms with Crippen molar-refractivity contribution in [2.24, 2.45) is 5.92 Å². The number of amides is 2.